The van der Waals surface area contributed by atoms with Crippen molar-refractivity contribution in [2.45, 2.75) is 235 Å². The monoisotopic (exact) mass is 889 g/mol. The zero-order valence-corrected chi connectivity index (χ0v) is 41.2. The highest BCUT2D eigenvalue weighted by atomic mass is 16.7. The number of fused-ring (bicyclic) bond motifs is 2. The second-order valence-electron chi connectivity index (χ2n) is 19.2. The third kappa shape index (κ3) is 14.3. The van der Waals surface area contributed by atoms with Crippen LogP contribution in [0, 0.1) is 61.8 Å². The van der Waals surface area contributed by atoms with Crippen LogP contribution in [0.25, 0.3) is 0 Å². The van der Waals surface area contributed by atoms with Gasteiger partial charge in [0.2, 0.25) is 11.4 Å². The van der Waals surface area contributed by atoms with E-state index in [1.807, 2.05) is 55.4 Å². The molecule has 11 heteroatoms. The molecule has 0 spiro atoms. The van der Waals surface area contributed by atoms with Gasteiger partial charge in [-0.05, 0) is 127 Å². The summed E-state index contributed by atoms with van der Waals surface area (Å²) in [6.45, 7) is 19.7. The lowest BCUT2D eigenvalue weighted by molar-refractivity contribution is -0.429. The van der Waals surface area contributed by atoms with Crippen molar-refractivity contribution < 1.29 is 33.6 Å². The molecule has 2 atom stereocenters. The van der Waals surface area contributed by atoms with Gasteiger partial charge in [0.1, 0.15) is 34.2 Å². The summed E-state index contributed by atoms with van der Waals surface area (Å²) in [7, 11) is 0. The first-order valence-corrected chi connectivity index (χ1v) is 24.7. The van der Waals surface area contributed by atoms with Gasteiger partial charge in [-0.2, -0.15) is 0 Å². The van der Waals surface area contributed by atoms with Crippen molar-refractivity contribution in [1.29, 1.82) is 0 Å². The lowest BCUT2D eigenvalue weighted by Gasteiger charge is -2.36. The molecule has 2 unspecified atom stereocenters. The molecule has 0 aromatic heterocycles. The highest BCUT2D eigenvalue weighted by Gasteiger charge is 2.38. The molecule has 4 rings (SSSR count). The van der Waals surface area contributed by atoms with Crippen molar-refractivity contribution >= 4 is 6.16 Å². The average Bonchev–Trinajstić information content (AvgIpc) is 3.25. The Balaban J connectivity index is 1.42. The van der Waals surface area contributed by atoms with Crippen LogP contribution in [0.15, 0.2) is 23.5 Å². The zero-order chi connectivity index (χ0) is 47.0. The first kappa shape index (κ1) is 52.2. The van der Waals surface area contributed by atoms with Gasteiger partial charge < -0.3 is 18.9 Å². The summed E-state index contributed by atoms with van der Waals surface area (Å²) >= 11 is 0. The number of hydrogen-bond acceptors (Lipinski definition) is 9. The molecule has 0 aliphatic carbocycles. The smallest absolute Gasteiger partial charge is 0.483 e. The zero-order valence-electron chi connectivity index (χ0n) is 41.2. The van der Waals surface area contributed by atoms with Crippen molar-refractivity contribution in [3.8, 4) is 23.0 Å². The summed E-state index contributed by atoms with van der Waals surface area (Å²) in [5, 5.41) is 24.3. The van der Waals surface area contributed by atoms with E-state index in [0.29, 0.717) is 61.5 Å². The number of hydrogen-bond donors (Lipinski definition) is 0. The van der Waals surface area contributed by atoms with Crippen LogP contribution in [-0.4, -0.2) is 27.2 Å². The van der Waals surface area contributed by atoms with Gasteiger partial charge in [0.25, 0.3) is 0 Å². The molecule has 64 heavy (non-hydrogen) atoms. The first-order chi connectivity index (χ1) is 30.5. The van der Waals surface area contributed by atoms with E-state index in [9.17, 15) is 25.0 Å². The van der Waals surface area contributed by atoms with Gasteiger partial charge >= 0.3 is 6.16 Å². The molecule has 2 aliphatic rings. The van der Waals surface area contributed by atoms with Gasteiger partial charge in [-0.25, -0.2) is 4.79 Å². The first-order valence-electron chi connectivity index (χ1n) is 24.7. The minimum absolute atomic E-state index is 0.201. The van der Waals surface area contributed by atoms with Crippen LogP contribution in [-0.2, 0) is 12.8 Å². The van der Waals surface area contributed by atoms with Crippen molar-refractivity contribution in [2.24, 2.45) is 0 Å². The van der Waals surface area contributed by atoms with Crippen LogP contribution >= 0.6 is 0 Å². The van der Waals surface area contributed by atoms with E-state index in [1.165, 1.54) is 77.0 Å². The van der Waals surface area contributed by atoms with E-state index in [1.54, 1.807) is 12.2 Å². The molecule has 11 nitrogen and oxygen atoms in total. The largest absolute Gasteiger partial charge is 0.519 e. The molecule has 0 radical (unpaired) electrons. The van der Waals surface area contributed by atoms with Gasteiger partial charge in [0.15, 0.2) is 0 Å². The lowest BCUT2D eigenvalue weighted by atomic mass is 9.86. The number of carbonyl (C=O) groups excluding carboxylic acids is 1. The second-order valence-corrected chi connectivity index (χ2v) is 19.2. The molecule has 0 N–H and O–H groups in total. The van der Waals surface area contributed by atoms with Crippen molar-refractivity contribution in [3.05, 3.63) is 88.3 Å². The summed E-state index contributed by atoms with van der Waals surface area (Å²) in [4.78, 5) is 37.5. The molecule has 356 valence electrons. The minimum atomic E-state index is -0.857. The lowest BCUT2D eigenvalue weighted by Crippen LogP contribution is -2.36. The maximum atomic E-state index is 13.7. The summed E-state index contributed by atoms with van der Waals surface area (Å²) in [5.41, 5.74) is 5.15. The van der Waals surface area contributed by atoms with Crippen LogP contribution in [0.4, 0.5) is 4.79 Å². The Hall–Kier alpha value is -4.41. The second kappa shape index (κ2) is 24.8. The van der Waals surface area contributed by atoms with Crippen molar-refractivity contribution in [3.63, 3.8) is 0 Å². The quantitative estimate of drug-likeness (QED) is 0.0297. The molecule has 2 aromatic carbocycles. The van der Waals surface area contributed by atoms with Crippen LogP contribution < -0.4 is 18.9 Å². The number of benzene rings is 2. The van der Waals surface area contributed by atoms with Crippen molar-refractivity contribution in [2.75, 3.05) is 0 Å². The predicted octanol–water partition coefficient (Wildman–Crippen LogP) is 15.4. The van der Waals surface area contributed by atoms with E-state index in [4.69, 9.17) is 18.9 Å². The third-order valence-corrected chi connectivity index (χ3v) is 13.9. The van der Waals surface area contributed by atoms with Gasteiger partial charge in [-0.3, -0.25) is 20.2 Å². The number of carbonyl (C=O) groups is 1. The molecule has 2 aromatic rings. The molecule has 0 amide bonds. The molecule has 0 saturated carbocycles. The number of rotatable bonds is 26. The number of nitrogens with zero attached hydrogens (tertiary/aromatic N) is 2. The minimum Gasteiger partial charge on any atom is -0.483 e. The Labute approximate surface area is 384 Å². The van der Waals surface area contributed by atoms with Gasteiger partial charge in [0, 0.05) is 36.1 Å². The maximum absolute atomic E-state index is 13.7. The molecule has 0 saturated heterocycles. The molecule has 2 heterocycles. The van der Waals surface area contributed by atoms with E-state index < -0.39 is 17.4 Å². The standard InChI is InChI=1S/C53H80N2O9/c1-11-13-15-17-19-21-23-25-27-29-43(54(57)58)35-52(9)33-31-45-41(7)47(37(3)39(5)49(45)63-52)61-51(56)62-48-38(4)40(6)50-46(42(48)8)32-34-53(10,64-50)36-44(55(59)60)30-28-26-24-22-20-18-16-14-12-2/h35-36H,11-34H2,1-10H3. The van der Waals surface area contributed by atoms with E-state index >= 15 is 0 Å². The van der Waals surface area contributed by atoms with Gasteiger partial charge in [-0.1, -0.05) is 117 Å². The Bertz CT molecular complexity index is 1860. The topological polar surface area (TPSA) is 140 Å². The fraction of sp³-hybridized carbons (Fsp3) is 0.679. The van der Waals surface area contributed by atoms with Crippen LogP contribution in [0.5, 0.6) is 23.0 Å². The van der Waals surface area contributed by atoms with E-state index in [2.05, 4.69) is 13.8 Å². The number of unbranched alkanes of at least 4 members (excludes halogenated alkanes) is 16. The number of ether oxygens (including phenoxy) is 4. The normalized spacial score (nSPS) is 18.5. The highest BCUT2D eigenvalue weighted by Crippen LogP contribution is 2.47. The van der Waals surface area contributed by atoms with E-state index in [0.717, 1.165) is 83.0 Å². The molecule has 0 bridgehead atoms. The maximum Gasteiger partial charge on any atom is 0.519 e. The van der Waals surface area contributed by atoms with Crippen LogP contribution in [0.3, 0.4) is 0 Å². The Morgan fingerprint density at radius 1 is 0.531 bits per heavy atom. The highest BCUT2D eigenvalue weighted by molar-refractivity contribution is 5.73. The fourth-order valence-corrected chi connectivity index (χ4v) is 9.57. The van der Waals surface area contributed by atoms with Gasteiger partial charge in [-0.15, -0.1) is 0 Å². The van der Waals surface area contributed by atoms with Crippen LogP contribution in [0.2, 0.25) is 0 Å². The fourth-order valence-electron chi connectivity index (χ4n) is 9.57. The Morgan fingerprint density at radius 2 is 0.844 bits per heavy atom. The van der Waals surface area contributed by atoms with Gasteiger partial charge in [0.05, 0.1) is 9.85 Å². The number of nitro groups is 2. The Morgan fingerprint density at radius 3 is 1.16 bits per heavy atom. The summed E-state index contributed by atoms with van der Waals surface area (Å²) in [6, 6.07) is 0. The average molecular weight is 889 g/mol. The molecule has 2 aliphatic heterocycles. The Kier molecular flexibility index (Phi) is 20.2. The molecule has 0 fully saturated rings. The summed E-state index contributed by atoms with van der Waals surface area (Å²) < 4.78 is 25.3. The number of allylic oxidation sites excluding steroid dienone is 2. The van der Waals surface area contributed by atoms with E-state index in [-0.39, 0.29) is 21.2 Å². The SMILES string of the molecule is CCCCCCCCCCCC(=CC1(C)CCc2c(C)c(OC(=O)Oc3c(C)c(C)c4c(c3C)CCC(C)(C=C(CCCCCCCCCCC)[N+](=O)[O-])O4)c(C)c(C)c2O1)[N+](=O)[O-]. The van der Waals surface area contributed by atoms with Crippen molar-refractivity contribution in [1.82, 2.24) is 0 Å². The third-order valence-electron chi connectivity index (χ3n) is 13.9. The van der Waals surface area contributed by atoms with Crippen LogP contribution in [0.1, 0.15) is 213 Å². The summed E-state index contributed by atoms with van der Waals surface area (Å²) in [5.74, 6) is 2.19. The predicted molar refractivity (Wildman–Crippen MR) is 257 cm³/mol. The molecular formula is C53H80N2O9. The summed E-state index contributed by atoms with van der Waals surface area (Å²) in [6.07, 6.45) is 26.4. The molecular weight excluding hydrogens is 809 g/mol.